The van der Waals surface area contributed by atoms with Crippen molar-refractivity contribution in [3.63, 3.8) is 0 Å². The zero-order chi connectivity index (χ0) is 11.1. The maximum atomic E-state index is 12.4. The third-order valence-corrected chi connectivity index (χ3v) is 2.31. The van der Waals surface area contributed by atoms with Crippen LogP contribution in [0.5, 0.6) is 0 Å². The quantitative estimate of drug-likeness (QED) is 0.769. The maximum Gasteiger partial charge on any atom is 0.416 e. The second-order valence-corrected chi connectivity index (χ2v) is 3.57. The van der Waals surface area contributed by atoms with Crippen molar-refractivity contribution in [2.45, 2.75) is 12.2 Å². The van der Waals surface area contributed by atoms with E-state index < -0.39 is 11.7 Å². The molecule has 0 spiro atoms. The summed E-state index contributed by atoms with van der Waals surface area (Å²) in [6.07, 6.45) is -3.15. The van der Waals surface area contributed by atoms with Crippen LogP contribution < -0.4 is 10.6 Å². The minimum Gasteiger partial charge on any atom is -0.353 e. The van der Waals surface area contributed by atoms with Crippen molar-refractivity contribution in [1.29, 1.82) is 0 Å². The predicted octanol–water partition coefficient (Wildman–Crippen LogP) is 1.25. The fraction of sp³-hybridized carbons (Fsp3) is 0.444. The van der Waals surface area contributed by atoms with E-state index in [-0.39, 0.29) is 6.04 Å². The van der Waals surface area contributed by atoms with Crippen LogP contribution in [0.4, 0.5) is 19.0 Å². The summed E-state index contributed by atoms with van der Waals surface area (Å²) in [5.74, 6) is 0.339. The van der Waals surface area contributed by atoms with E-state index in [1.165, 1.54) is 6.20 Å². The van der Waals surface area contributed by atoms with Crippen LogP contribution in [0.1, 0.15) is 5.56 Å². The molecule has 1 fully saturated rings. The highest BCUT2D eigenvalue weighted by Crippen LogP contribution is 2.31. The summed E-state index contributed by atoms with van der Waals surface area (Å²) < 4.78 is 37.1. The van der Waals surface area contributed by atoms with Crippen LogP contribution in [0.3, 0.4) is 0 Å². The molecule has 0 unspecified atom stereocenters. The Morgan fingerprint density at radius 1 is 1.40 bits per heavy atom. The molecule has 1 aliphatic heterocycles. The van der Waals surface area contributed by atoms with Crippen molar-refractivity contribution in [3.05, 3.63) is 23.9 Å². The van der Waals surface area contributed by atoms with Gasteiger partial charge in [-0.1, -0.05) is 0 Å². The zero-order valence-electron chi connectivity index (χ0n) is 7.83. The van der Waals surface area contributed by atoms with Crippen molar-refractivity contribution in [1.82, 2.24) is 4.98 Å². The molecule has 15 heavy (non-hydrogen) atoms. The van der Waals surface area contributed by atoms with E-state index >= 15 is 0 Å². The van der Waals surface area contributed by atoms with Crippen LogP contribution in [0.2, 0.25) is 0 Å². The molecule has 0 saturated carbocycles. The van der Waals surface area contributed by atoms with Gasteiger partial charge in [0.05, 0.1) is 5.56 Å². The summed E-state index contributed by atoms with van der Waals surface area (Å²) in [6.45, 7) is 1.13. The lowest BCUT2D eigenvalue weighted by molar-refractivity contribution is -0.137. The number of alkyl halides is 3. The minimum absolute atomic E-state index is 0.0429. The minimum atomic E-state index is -4.31. The normalized spacial score (nSPS) is 17.7. The van der Waals surface area contributed by atoms with Gasteiger partial charge in [0.15, 0.2) is 0 Å². The first-order valence-electron chi connectivity index (χ1n) is 4.50. The topological polar surface area (TPSA) is 42.1 Å². The van der Waals surface area contributed by atoms with Gasteiger partial charge in [-0.3, -0.25) is 0 Å². The van der Waals surface area contributed by atoms with Gasteiger partial charge in [0.1, 0.15) is 5.82 Å². The molecule has 0 aromatic carbocycles. The highest BCUT2D eigenvalue weighted by Gasteiger charge is 2.32. The Kier molecular flexibility index (Phi) is 2.30. The molecule has 1 aromatic heterocycles. The molecule has 2 rings (SSSR count). The average Bonchev–Trinajstić information content (AvgIpc) is 2.12. The SMILES string of the molecule is NC1CN(c2cc(C(F)(F)F)ccn2)C1. The van der Waals surface area contributed by atoms with Crippen molar-refractivity contribution >= 4 is 5.82 Å². The van der Waals surface area contributed by atoms with E-state index in [4.69, 9.17) is 5.73 Å². The summed E-state index contributed by atoms with van der Waals surface area (Å²) in [5.41, 5.74) is 4.87. The predicted molar refractivity (Wildman–Crippen MR) is 49.4 cm³/mol. The van der Waals surface area contributed by atoms with E-state index in [9.17, 15) is 13.2 Å². The lowest BCUT2D eigenvalue weighted by Gasteiger charge is -2.37. The molecular formula is C9H10F3N3. The molecule has 2 N–H and O–H groups in total. The smallest absolute Gasteiger partial charge is 0.353 e. The number of rotatable bonds is 1. The van der Waals surface area contributed by atoms with Gasteiger partial charge in [0.2, 0.25) is 0 Å². The molecule has 0 atom stereocenters. The summed E-state index contributed by atoms with van der Waals surface area (Å²) in [7, 11) is 0. The molecule has 0 radical (unpaired) electrons. The molecule has 82 valence electrons. The second-order valence-electron chi connectivity index (χ2n) is 3.57. The number of hydrogen-bond donors (Lipinski definition) is 1. The van der Waals surface area contributed by atoms with Gasteiger partial charge in [-0.25, -0.2) is 4.98 Å². The highest BCUT2D eigenvalue weighted by molar-refractivity contribution is 5.45. The summed E-state index contributed by atoms with van der Waals surface area (Å²) in [4.78, 5) is 5.60. The first-order valence-corrected chi connectivity index (χ1v) is 4.50. The Balaban J connectivity index is 2.20. The average molecular weight is 217 g/mol. The Morgan fingerprint density at radius 2 is 2.07 bits per heavy atom. The number of nitrogens with two attached hydrogens (primary N) is 1. The molecule has 2 heterocycles. The Bertz CT molecular complexity index is 358. The first-order chi connectivity index (χ1) is 6.97. The fourth-order valence-corrected chi connectivity index (χ4v) is 1.47. The van der Waals surface area contributed by atoms with E-state index in [1.54, 1.807) is 4.90 Å². The van der Waals surface area contributed by atoms with Crippen LogP contribution in [0.15, 0.2) is 18.3 Å². The molecule has 3 nitrogen and oxygen atoms in total. The zero-order valence-corrected chi connectivity index (χ0v) is 7.83. The van der Waals surface area contributed by atoms with Crippen LogP contribution in [0.25, 0.3) is 0 Å². The van der Waals surface area contributed by atoms with E-state index in [2.05, 4.69) is 4.98 Å². The van der Waals surface area contributed by atoms with Crippen LogP contribution in [-0.2, 0) is 6.18 Å². The summed E-state index contributed by atoms with van der Waals surface area (Å²) >= 11 is 0. The maximum absolute atomic E-state index is 12.4. The number of halogens is 3. The molecule has 0 aliphatic carbocycles. The van der Waals surface area contributed by atoms with Crippen molar-refractivity contribution < 1.29 is 13.2 Å². The third kappa shape index (κ3) is 2.04. The first kappa shape index (κ1) is 10.2. The van der Waals surface area contributed by atoms with Gasteiger partial charge in [-0.2, -0.15) is 13.2 Å². The largest absolute Gasteiger partial charge is 0.416 e. The number of pyridine rings is 1. The molecule has 6 heteroatoms. The number of hydrogen-bond acceptors (Lipinski definition) is 3. The summed E-state index contributed by atoms with van der Waals surface area (Å²) in [6, 6.07) is 2.05. The second kappa shape index (κ2) is 3.37. The molecule has 1 saturated heterocycles. The lowest BCUT2D eigenvalue weighted by Crippen LogP contribution is -2.56. The number of aromatic nitrogens is 1. The van der Waals surface area contributed by atoms with Gasteiger partial charge >= 0.3 is 6.18 Å². The molecule has 0 amide bonds. The van der Waals surface area contributed by atoms with Crippen LogP contribution in [0, 0.1) is 0 Å². The Hall–Kier alpha value is -1.30. The molecule has 0 bridgehead atoms. The van der Waals surface area contributed by atoms with E-state index in [1.807, 2.05) is 0 Å². The van der Waals surface area contributed by atoms with Gasteiger partial charge in [0, 0.05) is 25.3 Å². The van der Waals surface area contributed by atoms with Gasteiger partial charge in [-0.05, 0) is 12.1 Å². The van der Waals surface area contributed by atoms with Crippen molar-refractivity contribution in [2.24, 2.45) is 5.73 Å². The van der Waals surface area contributed by atoms with E-state index in [0.29, 0.717) is 18.9 Å². The standard InChI is InChI=1S/C9H10F3N3/c10-9(11,12)6-1-2-14-8(3-6)15-4-7(13)5-15/h1-3,7H,4-5,13H2. The highest BCUT2D eigenvalue weighted by atomic mass is 19.4. The Labute approximate surface area is 84.7 Å². The summed E-state index contributed by atoms with van der Waals surface area (Å²) in [5, 5.41) is 0. The van der Waals surface area contributed by atoms with E-state index in [0.717, 1.165) is 12.1 Å². The third-order valence-electron chi connectivity index (χ3n) is 2.31. The van der Waals surface area contributed by atoms with Gasteiger partial charge in [-0.15, -0.1) is 0 Å². The fourth-order valence-electron chi connectivity index (χ4n) is 1.47. The van der Waals surface area contributed by atoms with Crippen LogP contribution >= 0.6 is 0 Å². The number of anilines is 1. The van der Waals surface area contributed by atoms with Crippen molar-refractivity contribution in [3.8, 4) is 0 Å². The van der Waals surface area contributed by atoms with Crippen molar-refractivity contribution in [2.75, 3.05) is 18.0 Å². The number of nitrogens with zero attached hydrogens (tertiary/aromatic N) is 2. The lowest BCUT2D eigenvalue weighted by atomic mass is 10.1. The molecule has 1 aliphatic rings. The Morgan fingerprint density at radius 3 is 2.60 bits per heavy atom. The molecule has 1 aromatic rings. The van der Waals surface area contributed by atoms with Crippen LogP contribution in [-0.4, -0.2) is 24.1 Å². The molecular weight excluding hydrogens is 207 g/mol. The monoisotopic (exact) mass is 217 g/mol. The van der Waals surface area contributed by atoms with Gasteiger partial charge < -0.3 is 10.6 Å². The van der Waals surface area contributed by atoms with Gasteiger partial charge in [0.25, 0.3) is 0 Å².